The lowest BCUT2D eigenvalue weighted by Gasteiger charge is -2.26. The molecule has 3 rings (SSSR count). The smallest absolute Gasteiger partial charge is 0.359 e. The summed E-state index contributed by atoms with van der Waals surface area (Å²) in [4.78, 5) is 30.8. The highest BCUT2D eigenvalue weighted by Crippen LogP contribution is 2.11. The standard InChI is InChI=1S/C21H23N3O3/c1-15(2)23(12-17-9-5-4-6-10-17)20(25)14-27-21(26)18-13-24-16(3)8-7-11-19(24)22-18/h4-11,13,15H,12,14H2,1-3H3. The Morgan fingerprint density at radius 1 is 1.11 bits per heavy atom. The van der Waals surface area contributed by atoms with Gasteiger partial charge in [0.25, 0.3) is 5.91 Å². The average Bonchev–Trinajstić information content (AvgIpc) is 3.10. The fourth-order valence-corrected chi connectivity index (χ4v) is 2.87. The predicted octanol–water partition coefficient (Wildman–Crippen LogP) is 3.24. The Labute approximate surface area is 158 Å². The van der Waals surface area contributed by atoms with Crippen molar-refractivity contribution in [2.24, 2.45) is 0 Å². The van der Waals surface area contributed by atoms with Crippen LogP contribution in [0.1, 0.15) is 35.6 Å². The van der Waals surface area contributed by atoms with Crippen LogP contribution >= 0.6 is 0 Å². The summed E-state index contributed by atoms with van der Waals surface area (Å²) in [6, 6.07) is 15.3. The van der Waals surface area contributed by atoms with E-state index in [4.69, 9.17) is 4.74 Å². The van der Waals surface area contributed by atoms with Crippen LogP contribution in [0.3, 0.4) is 0 Å². The number of benzene rings is 1. The summed E-state index contributed by atoms with van der Waals surface area (Å²) in [7, 11) is 0. The molecule has 0 saturated heterocycles. The number of amides is 1. The summed E-state index contributed by atoms with van der Waals surface area (Å²) in [6.07, 6.45) is 1.63. The first-order valence-electron chi connectivity index (χ1n) is 8.91. The van der Waals surface area contributed by atoms with Crippen molar-refractivity contribution in [1.29, 1.82) is 0 Å². The second-order valence-corrected chi connectivity index (χ2v) is 6.70. The molecule has 27 heavy (non-hydrogen) atoms. The normalized spacial score (nSPS) is 11.0. The van der Waals surface area contributed by atoms with Gasteiger partial charge in [-0.1, -0.05) is 36.4 Å². The van der Waals surface area contributed by atoms with Gasteiger partial charge >= 0.3 is 5.97 Å². The zero-order chi connectivity index (χ0) is 19.4. The Kier molecular flexibility index (Phi) is 5.54. The molecule has 6 heteroatoms. The summed E-state index contributed by atoms with van der Waals surface area (Å²) in [5, 5.41) is 0. The van der Waals surface area contributed by atoms with Crippen molar-refractivity contribution in [3.8, 4) is 0 Å². The largest absolute Gasteiger partial charge is 0.451 e. The molecular formula is C21H23N3O3. The molecule has 0 atom stereocenters. The number of ether oxygens (including phenoxy) is 1. The molecule has 0 aliphatic rings. The van der Waals surface area contributed by atoms with Crippen molar-refractivity contribution >= 4 is 17.5 Å². The lowest BCUT2D eigenvalue weighted by molar-refractivity contribution is -0.136. The maximum Gasteiger partial charge on any atom is 0.359 e. The molecular weight excluding hydrogens is 342 g/mol. The minimum absolute atomic E-state index is 0.00532. The van der Waals surface area contributed by atoms with E-state index in [1.54, 1.807) is 11.1 Å². The lowest BCUT2D eigenvalue weighted by atomic mass is 10.2. The number of hydrogen-bond acceptors (Lipinski definition) is 4. The minimum atomic E-state index is -0.602. The fourth-order valence-electron chi connectivity index (χ4n) is 2.87. The second kappa shape index (κ2) is 8.03. The van der Waals surface area contributed by atoms with Crippen LogP contribution in [0.4, 0.5) is 0 Å². The Balaban J connectivity index is 1.65. The van der Waals surface area contributed by atoms with Crippen molar-refractivity contribution in [2.75, 3.05) is 6.61 Å². The number of carbonyl (C=O) groups excluding carboxylic acids is 2. The van der Waals surface area contributed by atoms with Crippen LogP contribution in [0.15, 0.2) is 54.7 Å². The molecule has 0 aliphatic carbocycles. The maximum absolute atomic E-state index is 12.6. The van der Waals surface area contributed by atoms with E-state index in [1.165, 1.54) is 0 Å². The molecule has 6 nitrogen and oxygen atoms in total. The third kappa shape index (κ3) is 4.34. The molecule has 3 aromatic rings. The van der Waals surface area contributed by atoms with Crippen molar-refractivity contribution in [3.05, 3.63) is 71.7 Å². The molecule has 2 aromatic heterocycles. The number of hydrogen-bond donors (Lipinski definition) is 0. The SMILES string of the molecule is Cc1cccc2nc(C(=O)OCC(=O)N(Cc3ccccc3)C(C)C)cn12. The van der Waals surface area contributed by atoms with Gasteiger partial charge in [0.1, 0.15) is 5.65 Å². The Bertz CT molecular complexity index is 948. The Morgan fingerprint density at radius 2 is 1.85 bits per heavy atom. The zero-order valence-corrected chi connectivity index (χ0v) is 15.8. The van der Waals surface area contributed by atoms with Crippen molar-refractivity contribution in [3.63, 3.8) is 0 Å². The highest BCUT2D eigenvalue weighted by atomic mass is 16.5. The lowest BCUT2D eigenvalue weighted by Crippen LogP contribution is -2.39. The summed E-state index contributed by atoms with van der Waals surface area (Å²) in [6.45, 7) is 5.97. The van der Waals surface area contributed by atoms with Gasteiger partial charge in [-0.3, -0.25) is 4.79 Å². The van der Waals surface area contributed by atoms with Crippen LogP contribution in [0, 0.1) is 6.92 Å². The zero-order valence-electron chi connectivity index (χ0n) is 15.8. The van der Waals surface area contributed by atoms with Gasteiger partial charge in [-0.15, -0.1) is 0 Å². The molecule has 0 aliphatic heterocycles. The first-order chi connectivity index (χ1) is 13.0. The quantitative estimate of drug-likeness (QED) is 0.629. The fraction of sp³-hybridized carbons (Fsp3) is 0.286. The number of aromatic nitrogens is 2. The minimum Gasteiger partial charge on any atom is -0.451 e. The average molecular weight is 365 g/mol. The van der Waals surface area contributed by atoms with Gasteiger partial charge in [-0.2, -0.15) is 0 Å². The van der Waals surface area contributed by atoms with Gasteiger partial charge in [-0.05, 0) is 38.5 Å². The van der Waals surface area contributed by atoms with E-state index < -0.39 is 5.97 Å². The van der Waals surface area contributed by atoms with Gasteiger partial charge in [0.2, 0.25) is 0 Å². The predicted molar refractivity (Wildman–Crippen MR) is 102 cm³/mol. The Morgan fingerprint density at radius 3 is 2.52 bits per heavy atom. The number of fused-ring (bicyclic) bond motifs is 1. The molecule has 2 heterocycles. The molecule has 0 radical (unpaired) electrons. The third-order valence-electron chi connectivity index (χ3n) is 4.37. The maximum atomic E-state index is 12.6. The molecule has 0 spiro atoms. The van der Waals surface area contributed by atoms with Crippen molar-refractivity contribution in [1.82, 2.24) is 14.3 Å². The van der Waals surface area contributed by atoms with E-state index in [1.807, 2.05) is 73.7 Å². The highest BCUT2D eigenvalue weighted by molar-refractivity contribution is 5.90. The van der Waals surface area contributed by atoms with Crippen molar-refractivity contribution in [2.45, 2.75) is 33.4 Å². The highest BCUT2D eigenvalue weighted by Gasteiger charge is 2.20. The molecule has 140 valence electrons. The van der Waals surface area contributed by atoms with Gasteiger partial charge in [0.05, 0.1) is 0 Å². The summed E-state index contributed by atoms with van der Waals surface area (Å²) >= 11 is 0. The monoisotopic (exact) mass is 365 g/mol. The van der Waals surface area contributed by atoms with Gasteiger partial charge in [0.15, 0.2) is 12.3 Å². The van der Waals surface area contributed by atoms with Crippen LogP contribution in [-0.4, -0.2) is 38.8 Å². The number of rotatable bonds is 6. The molecule has 0 unspecified atom stereocenters. The summed E-state index contributed by atoms with van der Waals surface area (Å²) < 4.78 is 7.04. The third-order valence-corrected chi connectivity index (χ3v) is 4.37. The number of imidazole rings is 1. The molecule has 1 amide bonds. The van der Waals surface area contributed by atoms with Crippen LogP contribution in [0.25, 0.3) is 5.65 Å². The second-order valence-electron chi connectivity index (χ2n) is 6.70. The van der Waals surface area contributed by atoms with Gasteiger partial charge in [0, 0.05) is 24.5 Å². The molecule has 0 saturated carbocycles. The first kappa shape index (κ1) is 18.6. The number of carbonyl (C=O) groups is 2. The van der Waals surface area contributed by atoms with Crippen LogP contribution < -0.4 is 0 Å². The molecule has 1 aromatic carbocycles. The first-order valence-corrected chi connectivity index (χ1v) is 8.91. The number of pyridine rings is 1. The topological polar surface area (TPSA) is 63.9 Å². The number of aryl methyl sites for hydroxylation is 1. The molecule has 0 bridgehead atoms. The van der Waals surface area contributed by atoms with E-state index >= 15 is 0 Å². The van der Waals surface area contributed by atoms with Crippen LogP contribution in [0.5, 0.6) is 0 Å². The molecule has 0 fully saturated rings. The van der Waals surface area contributed by atoms with E-state index in [2.05, 4.69) is 4.98 Å². The Hall–Kier alpha value is -3.15. The van der Waals surface area contributed by atoms with E-state index in [9.17, 15) is 9.59 Å². The summed E-state index contributed by atoms with van der Waals surface area (Å²) in [5.41, 5.74) is 2.85. The van der Waals surface area contributed by atoms with Gasteiger partial charge in [-0.25, -0.2) is 9.78 Å². The number of esters is 1. The number of nitrogens with zero attached hydrogens (tertiary/aromatic N) is 3. The van der Waals surface area contributed by atoms with Gasteiger partial charge < -0.3 is 14.0 Å². The van der Waals surface area contributed by atoms with E-state index in [0.717, 1.165) is 11.3 Å². The molecule has 0 N–H and O–H groups in total. The van der Waals surface area contributed by atoms with Crippen molar-refractivity contribution < 1.29 is 14.3 Å². The van der Waals surface area contributed by atoms with Crippen LogP contribution in [-0.2, 0) is 16.1 Å². The summed E-state index contributed by atoms with van der Waals surface area (Å²) in [5.74, 6) is -0.836. The van der Waals surface area contributed by atoms with E-state index in [0.29, 0.717) is 12.2 Å². The van der Waals surface area contributed by atoms with E-state index in [-0.39, 0.29) is 24.2 Å². The van der Waals surface area contributed by atoms with Crippen LogP contribution in [0.2, 0.25) is 0 Å².